The van der Waals surface area contributed by atoms with Crippen molar-refractivity contribution < 1.29 is 24.5 Å². The molecule has 0 radical (unpaired) electrons. The second-order valence-corrected chi connectivity index (χ2v) is 23.9. The van der Waals surface area contributed by atoms with E-state index in [1.165, 1.54) is 263 Å². The fraction of sp³-hybridized carbons (Fsp3) is 0.861. The molecule has 2 atom stereocenters. The summed E-state index contributed by atoms with van der Waals surface area (Å²) in [6.45, 7) is 4.92. The number of hydrogen-bond acceptors (Lipinski definition) is 5. The standard InChI is InChI=1S/C72H135NO5/c1-3-5-7-9-11-13-15-17-19-21-23-24-25-26-27-29-32-36-40-44-48-52-56-60-64-70(75)69(68-74)73-71(76)65-61-57-53-49-45-41-37-33-30-28-31-35-39-43-47-51-55-59-63-67-78-72(77)66-62-58-54-50-46-42-38-34-22-20-18-16-14-12-10-8-6-4-2/h14,16,20,22,35,39,43,47,69-70,74-75H,3-13,15,17-19,21,23-34,36-38,40-42,44-46,48-68H2,1-2H3,(H,73,76)/b16-14-,22-20-,39-35-,47-43-. The maximum Gasteiger partial charge on any atom is 0.305 e. The van der Waals surface area contributed by atoms with Gasteiger partial charge in [0.15, 0.2) is 0 Å². The Morgan fingerprint density at radius 1 is 0.372 bits per heavy atom. The topological polar surface area (TPSA) is 95.9 Å². The van der Waals surface area contributed by atoms with Crippen molar-refractivity contribution in [1.82, 2.24) is 5.32 Å². The highest BCUT2D eigenvalue weighted by Crippen LogP contribution is 2.18. The lowest BCUT2D eigenvalue weighted by molar-refractivity contribution is -0.143. The average molecular weight is 1090 g/mol. The van der Waals surface area contributed by atoms with Crippen molar-refractivity contribution in [3.8, 4) is 0 Å². The Labute approximate surface area is 486 Å². The van der Waals surface area contributed by atoms with E-state index in [4.69, 9.17) is 4.74 Å². The van der Waals surface area contributed by atoms with Gasteiger partial charge in [-0.3, -0.25) is 9.59 Å². The first-order chi connectivity index (χ1) is 38.5. The Hall–Kier alpha value is -2.18. The predicted octanol–water partition coefficient (Wildman–Crippen LogP) is 22.5. The third kappa shape index (κ3) is 63.0. The number of esters is 1. The molecule has 0 heterocycles. The molecule has 0 saturated carbocycles. The highest BCUT2D eigenvalue weighted by Gasteiger charge is 2.20. The first-order valence-electron chi connectivity index (χ1n) is 34.9. The minimum Gasteiger partial charge on any atom is -0.466 e. The Bertz CT molecular complexity index is 1310. The third-order valence-electron chi connectivity index (χ3n) is 16.1. The van der Waals surface area contributed by atoms with Crippen LogP contribution in [0.3, 0.4) is 0 Å². The van der Waals surface area contributed by atoms with E-state index in [-0.39, 0.29) is 18.5 Å². The molecule has 0 aromatic carbocycles. The SMILES string of the molecule is CCCCCC/C=C\C/C=C\CCCCCCCCCC(=O)OCCCCC/C=C\C=C/CCCCCCCCCCCCC(=O)NC(CO)C(O)CCCCCCCCCCCCCCCCCCCCCCCCCC. The second kappa shape index (κ2) is 67.3. The van der Waals surface area contributed by atoms with E-state index in [1.54, 1.807) is 0 Å². The fourth-order valence-electron chi connectivity index (χ4n) is 10.8. The van der Waals surface area contributed by atoms with Crippen LogP contribution in [0.1, 0.15) is 373 Å². The lowest BCUT2D eigenvalue weighted by Gasteiger charge is -2.22. The highest BCUT2D eigenvalue weighted by atomic mass is 16.5. The van der Waals surface area contributed by atoms with Crippen molar-refractivity contribution in [2.75, 3.05) is 13.2 Å². The van der Waals surface area contributed by atoms with Crippen LogP contribution in [-0.4, -0.2) is 47.4 Å². The Balaban J connectivity index is 3.47. The van der Waals surface area contributed by atoms with Crippen molar-refractivity contribution in [2.45, 2.75) is 386 Å². The quantitative estimate of drug-likeness (QED) is 0.0244. The van der Waals surface area contributed by atoms with E-state index in [2.05, 4.69) is 67.8 Å². The molecular weight excluding hydrogens is 959 g/mol. The molecule has 0 spiro atoms. The van der Waals surface area contributed by atoms with Crippen LogP contribution in [0, 0.1) is 0 Å². The van der Waals surface area contributed by atoms with Crippen molar-refractivity contribution in [1.29, 1.82) is 0 Å². The number of ether oxygens (including phenoxy) is 1. The molecule has 0 aromatic rings. The first kappa shape index (κ1) is 75.8. The van der Waals surface area contributed by atoms with Gasteiger partial charge in [0, 0.05) is 12.8 Å². The number of carbonyl (C=O) groups excluding carboxylic acids is 2. The molecule has 3 N–H and O–H groups in total. The lowest BCUT2D eigenvalue weighted by Crippen LogP contribution is -2.45. The summed E-state index contributed by atoms with van der Waals surface area (Å²) in [5.74, 6) is -0.0618. The summed E-state index contributed by atoms with van der Waals surface area (Å²) in [7, 11) is 0. The molecule has 1 amide bonds. The Morgan fingerprint density at radius 2 is 0.679 bits per heavy atom. The molecule has 0 aliphatic rings. The maximum absolute atomic E-state index is 12.6. The number of aliphatic hydroxyl groups excluding tert-OH is 2. The number of nitrogens with one attached hydrogen (secondary N) is 1. The molecule has 6 heteroatoms. The molecule has 458 valence electrons. The van der Waals surface area contributed by atoms with Gasteiger partial charge in [-0.1, -0.05) is 319 Å². The average Bonchev–Trinajstić information content (AvgIpc) is 3.44. The summed E-state index contributed by atoms with van der Waals surface area (Å²) in [6, 6.07) is -0.552. The van der Waals surface area contributed by atoms with Crippen LogP contribution in [-0.2, 0) is 14.3 Å². The molecule has 6 nitrogen and oxygen atoms in total. The van der Waals surface area contributed by atoms with Gasteiger partial charge in [-0.15, -0.1) is 0 Å². The molecule has 0 bridgehead atoms. The smallest absolute Gasteiger partial charge is 0.305 e. The van der Waals surface area contributed by atoms with Crippen LogP contribution in [0.15, 0.2) is 48.6 Å². The lowest BCUT2D eigenvalue weighted by atomic mass is 10.0. The zero-order valence-corrected chi connectivity index (χ0v) is 52.4. The van der Waals surface area contributed by atoms with Gasteiger partial charge < -0.3 is 20.3 Å². The van der Waals surface area contributed by atoms with Gasteiger partial charge in [-0.25, -0.2) is 0 Å². The number of allylic oxidation sites excluding steroid dienone is 8. The normalized spacial score (nSPS) is 12.8. The van der Waals surface area contributed by atoms with Crippen molar-refractivity contribution in [2.24, 2.45) is 0 Å². The van der Waals surface area contributed by atoms with E-state index in [1.807, 2.05) is 0 Å². The number of hydrogen-bond donors (Lipinski definition) is 3. The number of rotatable bonds is 65. The van der Waals surface area contributed by atoms with Crippen LogP contribution in [0.5, 0.6) is 0 Å². The molecule has 78 heavy (non-hydrogen) atoms. The third-order valence-corrected chi connectivity index (χ3v) is 16.1. The number of unbranched alkanes of at least 4 members (excludes halogenated alkanes) is 47. The van der Waals surface area contributed by atoms with Gasteiger partial charge in [0.05, 0.1) is 25.4 Å². The van der Waals surface area contributed by atoms with E-state index in [9.17, 15) is 19.8 Å². The largest absolute Gasteiger partial charge is 0.466 e. The summed E-state index contributed by atoms with van der Waals surface area (Å²) < 4.78 is 5.47. The van der Waals surface area contributed by atoms with Crippen LogP contribution >= 0.6 is 0 Å². The predicted molar refractivity (Wildman–Crippen MR) is 342 cm³/mol. The molecule has 2 unspecified atom stereocenters. The van der Waals surface area contributed by atoms with Gasteiger partial charge in [0.2, 0.25) is 5.91 Å². The molecule has 0 rings (SSSR count). The Morgan fingerprint density at radius 3 is 1.06 bits per heavy atom. The fourth-order valence-corrected chi connectivity index (χ4v) is 10.8. The van der Waals surface area contributed by atoms with E-state index in [0.717, 1.165) is 77.0 Å². The number of carbonyl (C=O) groups is 2. The van der Waals surface area contributed by atoms with Crippen molar-refractivity contribution in [3.63, 3.8) is 0 Å². The van der Waals surface area contributed by atoms with Crippen LogP contribution in [0.25, 0.3) is 0 Å². The molecule has 0 aliphatic carbocycles. The summed E-state index contributed by atoms with van der Waals surface area (Å²) >= 11 is 0. The first-order valence-corrected chi connectivity index (χ1v) is 34.9. The monoisotopic (exact) mass is 1090 g/mol. The van der Waals surface area contributed by atoms with E-state index in [0.29, 0.717) is 25.9 Å². The summed E-state index contributed by atoms with van der Waals surface area (Å²) in [5, 5.41) is 23.4. The zero-order valence-electron chi connectivity index (χ0n) is 52.4. The molecule has 0 aliphatic heterocycles. The summed E-state index contributed by atoms with van der Waals surface area (Å²) in [4.78, 5) is 24.6. The summed E-state index contributed by atoms with van der Waals surface area (Å²) in [5.41, 5.74) is 0. The van der Waals surface area contributed by atoms with Gasteiger partial charge in [0.25, 0.3) is 0 Å². The van der Waals surface area contributed by atoms with Gasteiger partial charge >= 0.3 is 5.97 Å². The van der Waals surface area contributed by atoms with Crippen molar-refractivity contribution in [3.05, 3.63) is 48.6 Å². The van der Waals surface area contributed by atoms with Gasteiger partial charge in [-0.2, -0.15) is 0 Å². The maximum atomic E-state index is 12.6. The Kier molecular flexibility index (Phi) is 65.4. The second-order valence-electron chi connectivity index (χ2n) is 23.9. The number of amides is 1. The number of aliphatic hydroxyl groups is 2. The van der Waals surface area contributed by atoms with Crippen LogP contribution in [0.4, 0.5) is 0 Å². The molecule has 0 aromatic heterocycles. The minimum absolute atomic E-state index is 0.0201. The summed E-state index contributed by atoms with van der Waals surface area (Å²) in [6.07, 6.45) is 87.2. The van der Waals surface area contributed by atoms with Gasteiger partial charge in [0.1, 0.15) is 0 Å². The van der Waals surface area contributed by atoms with Crippen LogP contribution in [0.2, 0.25) is 0 Å². The van der Waals surface area contributed by atoms with E-state index < -0.39 is 12.1 Å². The zero-order chi connectivity index (χ0) is 56.4. The van der Waals surface area contributed by atoms with E-state index >= 15 is 0 Å². The highest BCUT2D eigenvalue weighted by molar-refractivity contribution is 5.76. The molecule has 0 fully saturated rings. The molecule has 0 saturated heterocycles. The minimum atomic E-state index is -0.674. The van der Waals surface area contributed by atoms with Crippen molar-refractivity contribution >= 4 is 11.9 Å². The van der Waals surface area contributed by atoms with Gasteiger partial charge in [-0.05, 0) is 89.9 Å². The van der Waals surface area contributed by atoms with Crippen LogP contribution < -0.4 is 5.32 Å². The molecular formula is C72H135NO5.